The van der Waals surface area contributed by atoms with Crippen LogP contribution in [0.4, 0.5) is 0 Å². The van der Waals surface area contributed by atoms with Gasteiger partial charge in [0.15, 0.2) is 0 Å². The molecule has 1 amide bonds. The predicted octanol–water partition coefficient (Wildman–Crippen LogP) is 3.70. The van der Waals surface area contributed by atoms with Gasteiger partial charge in [-0.2, -0.15) is 0 Å². The largest absolute Gasteiger partial charge is 0.507 e. The summed E-state index contributed by atoms with van der Waals surface area (Å²) in [5, 5.41) is 11.1. The van der Waals surface area contributed by atoms with Gasteiger partial charge in [0.2, 0.25) is 0 Å². The fraction of sp³-hybridized carbons (Fsp3) is 0.360. The molecule has 164 valence electrons. The second kappa shape index (κ2) is 9.79. The minimum atomic E-state index is -0.662. The first-order valence-corrected chi connectivity index (χ1v) is 10.5. The molecule has 6 nitrogen and oxygen atoms in total. The topological polar surface area (TPSA) is 70.1 Å². The maximum Gasteiger partial charge on any atom is 0.295 e. The third-order valence-corrected chi connectivity index (χ3v) is 5.15. The molecule has 6 heteroatoms. The Morgan fingerprint density at radius 3 is 2.29 bits per heavy atom. The van der Waals surface area contributed by atoms with Crippen LogP contribution in [0.1, 0.15) is 31.0 Å². The van der Waals surface area contributed by atoms with E-state index >= 15 is 0 Å². The van der Waals surface area contributed by atoms with Gasteiger partial charge in [-0.1, -0.05) is 44.2 Å². The van der Waals surface area contributed by atoms with Gasteiger partial charge in [-0.05, 0) is 49.8 Å². The zero-order valence-corrected chi connectivity index (χ0v) is 18.5. The summed E-state index contributed by atoms with van der Waals surface area (Å²) in [6, 6.07) is 15.7. The van der Waals surface area contributed by atoms with Crippen LogP contribution in [0.3, 0.4) is 0 Å². The third-order valence-electron chi connectivity index (χ3n) is 5.15. The standard InChI is InChI=1S/C25H30N2O4/c1-17(2)16-31-20-12-10-19(11-13-20)23(28)21-22(18-8-6-5-7-9-18)27(15-14-26(3)4)25(30)24(21)29/h5-13,17,22,28H,14-16H2,1-4H3/b23-21+/t22-/m0/s1. The molecule has 0 unspecified atom stereocenters. The van der Waals surface area contributed by atoms with Gasteiger partial charge < -0.3 is 19.6 Å². The first-order chi connectivity index (χ1) is 14.8. The van der Waals surface area contributed by atoms with E-state index in [9.17, 15) is 14.7 Å². The first-order valence-electron chi connectivity index (χ1n) is 10.5. The molecule has 1 aliphatic heterocycles. The zero-order valence-electron chi connectivity index (χ0n) is 18.5. The molecule has 2 aromatic carbocycles. The summed E-state index contributed by atoms with van der Waals surface area (Å²) in [5.41, 5.74) is 1.38. The van der Waals surface area contributed by atoms with Crippen LogP contribution >= 0.6 is 0 Å². The van der Waals surface area contributed by atoms with Crippen molar-refractivity contribution in [1.82, 2.24) is 9.80 Å². The molecule has 0 saturated carbocycles. The van der Waals surface area contributed by atoms with Crippen molar-refractivity contribution in [3.8, 4) is 5.75 Å². The highest BCUT2D eigenvalue weighted by Crippen LogP contribution is 2.39. The molecule has 1 aliphatic rings. The molecule has 0 aromatic heterocycles. The lowest BCUT2D eigenvalue weighted by molar-refractivity contribution is -0.140. The number of likely N-dealkylation sites (tertiary alicyclic amines) is 1. The second-order valence-corrected chi connectivity index (χ2v) is 8.44. The molecule has 0 radical (unpaired) electrons. The van der Waals surface area contributed by atoms with Crippen LogP contribution in [-0.4, -0.2) is 60.4 Å². The number of hydrogen-bond acceptors (Lipinski definition) is 5. The Morgan fingerprint density at radius 1 is 1.06 bits per heavy atom. The van der Waals surface area contributed by atoms with Gasteiger partial charge in [0, 0.05) is 18.7 Å². The summed E-state index contributed by atoms with van der Waals surface area (Å²) in [7, 11) is 3.83. The number of nitrogens with zero attached hydrogens (tertiary/aromatic N) is 2. The lowest BCUT2D eigenvalue weighted by Gasteiger charge is -2.26. The Morgan fingerprint density at radius 2 is 1.71 bits per heavy atom. The van der Waals surface area contributed by atoms with Crippen molar-refractivity contribution >= 4 is 17.4 Å². The van der Waals surface area contributed by atoms with Crippen molar-refractivity contribution < 1.29 is 19.4 Å². The van der Waals surface area contributed by atoms with Crippen LogP contribution < -0.4 is 4.74 Å². The van der Waals surface area contributed by atoms with Crippen LogP contribution in [0.5, 0.6) is 5.75 Å². The zero-order chi connectivity index (χ0) is 22.5. The van der Waals surface area contributed by atoms with Gasteiger partial charge >= 0.3 is 0 Å². The minimum absolute atomic E-state index is 0.116. The Labute approximate surface area is 183 Å². The van der Waals surface area contributed by atoms with Gasteiger partial charge in [0.25, 0.3) is 11.7 Å². The number of aliphatic hydroxyl groups is 1. The smallest absolute Gasteiger partial charge is 0.295 e. The molecular weight excluding hydrogens is 392 g/mol. The molecule has 0 aliphatic carbocycles. The molecule has 2 aromatic rings. The number of carbonyl (C=O) groups is 2. The number of amides is 1. The summed E-state index contributed by atoms with van der Waals surface area (Å²) in [5.74, 6) is -0.331. The molecule has 0 spiro atoms. The van der Waals surface area contributed by atoms with Crippen molar-refractivity contribution in [1.29, 1.82) is 0 Å². The van der Waals surface area contributed by atoms with Gasteiger partial charge in [0.05, 0.1) is 18.2 Å². The minimum Gasteiger partial charge on any atom is -0.507 e. The molecular formula is C25H30N2O4. The monoisotopic (exact) mass is 422 g/mol. The van der Waals surface area contributed by atoms with E-state index in [0.29, 0.717) is 36.9 Å². The van der Waals surface area contributed by atoms with E-state index in [1.807, 2.05) is 49.3 Å². The van der Waals surface area contributed by atoms with Crippen LogP contribution in [0, 0.1) is 5.92 Å². The maximum absolute atomic E-state index is 13.0. The molecule has 1 saturated heterocycles. The van der Waals surface area contributed by atoms with E-state index < -0.39 is 17.7 Å². The van der Waals surface area contributed by atoms with E-state index in [4.69, 9.17) is 4.74 Å². The van der Waals surface area contributed by atoms with Crippen LogP contribution in [0.25, 0.3) is 5.76 Å². The van der Waals surface area contributed by atoms with Crippen LogP contribution in [0.2, 0.25) is 0 Å². The average Bonchev–Trinajstić information content (AvgIpc) is 3.01. The van der Waals surface area contributed by atoms with Crippen molar-refractivity contribution in [3.05, 3.63) is 71.3 Å². The average molecular weight is 423 g/mol. The molecule has 3 rings (SSSR count). The number of ether oxygens (including phenoxy) is 1. The van der Waals surface area contributed by atoms with E-state index in [1.54, 1.807) is 29.2 Å². The molecule has 1 fully saturated rings. The fourth-order valence-electron chi connectivity index (χ4n) is 3.53. The number of carbonyl (C=O) groups excluding carboxylic acids is 2. The van der Waals surface area contributed by atoms with E-state index in [0.717, 1.165) is 5.56 Å². The highest BCUT2D eigenvalue weighted by molar-refractivity contribution is 6.46. The number of hydrogen-bond donors (Lipinski definition) is 1. The molecule has 1 atom stereocenters. The SMILES string of the molecule is CC(C)COc1ccc(/C(O)=C2\C(=O)C(=O)N(CCN(C)C)[C@H]2c2ccccc2)cc1. The number of ketones is 1. The Balaban J connectivity index is 2.00. The highest BCUT2D eigenvalue weighted by Gasteiger charge is 2.45. The number of likely N-dealkylation sites (N-methyl/N-ethyl adjacent to an activating group) is 1. The summed E-state index contributed by atoms with van der Waals surface area (Å²) in [4.78, 5) is 29.3. The first kappa shape index (κ1) is 22.6. The van der Waals surface area contributed by atoms with E-state index in [1.165, 1.54) is 0 Å². The number of rotatable bonds is 8. The number of Topliss-reactive ketones (excluding diaryl/α,β-unsaturated/α-hetero) is 1. The lowest BCUT2D eigenvalue weighted by Crippen LogP contribution is -2.35. The molecule has 31 heavy (non-hydrogen) atoms. The van der Waals surface area contributed by atoms with Crippen molar-refractivity contribution in [2.45, 2.75) is 19.9 Å². The molecule has 0 bridgehead atoms. The summed E-state index contributed by atoms with van der Waals surface area (Å²) in [6.45, 7) is 5.72. The normalized spacial score (nSPS) is 18.3. The summed E-state index contributed by atoms with van der Waals surface area (Å²) >= 11 is 0. The molecule has 1 N–H and O–H groups in total. The van der Waals surface area contributed by atoms with Crippen molar-refractivity contribution in [2.24, 2.45) is 5.92 Å². The predicted molar refractivity (Wildman–Crippen MR) is 121 cm³/mol. The lowest BCUT2D eigenvalue weighted by atomic mass is 9.95. The fourth-order valence-corrected chi connectivity index (χ4v) is 3.53. The quantitative estimate of drug-likeness (QED) is 0.399. The third kappa shape index (κ3) is 5.14. The van der Waals surface area contributed by atoms with Crippen molar-refractivity contribution in [2.75, 3.05) is 33.8 Å². The van der Waals surface area contributed by atoms with E-state index in [2.05, 4.69) is 13.8 Å². The van der Waals surface area contributed by atoms with Crippen molar-refractivity contribution in [3.63, 3.8) is 0 Å². The summed E-state index contributed by atoms with van der Waals surface area (Å²) in [6.07, 6.45) is 0. The van der Waals surface area contributed by atoms with Crippen LogP contribution in [0.15, 0.2) is 60.2 Å². The van der Waals surface area contributed by atoms with Crippen LogP contribution in [-0.2, 0) is 9.59 Å². The highest BCUT2D eigenvalue weighted by atomic mass is 16.5. The number of benzene rings is 2. The van der Waals surface area contributed by atoms with Gasteiger partial charge in [-0.3, -0.25) is 9.59 Å². The Kier molecular flexibility index (Phi) is 7.13. The Bertz CT molecular complexity index is 949. The maximum atomic E-state index is 13.0. The molecule has 1 heterocycles. The number of aliphatic hydroxyl groups excluding tert-OH is 1. The van der Waals surface area contributed by atoms with Gasteiger partial charge in [-0.15, -0.1) is 0 Å². The second-order valence-electron chi connectivity index (χ2n) is 8.44. The Hall–Kier alpha value is -3.12. The van der Waals surface area contributed by atoms with Gasteiger partial charge in [0.1, 0.15) is 11.5 Å². The summed E-state index contributed by atoms with van der Waals surface area (Å²) < 4.78 is 5.70. The van der Waals surface area contributed by atoms with Gasteiger partial charge in [-0.25, -0.2) is 0 Å². The van der Waals surface area contributed by atoms with E-state index in [-0.39, 0.29) is 11.3 Å².